The highest BCUT2D eigenvalue weighted by Gasteiger charge is 2.51. The van der Waals surface area contributed by atoms with Crippen molar-refractivity contribution < 1.29 is 63.1 Å². The van der Waals surface area contributed by atoms with Gasteiger partial charge >= 0.3 is 19.8 Å². The van der Waals surface area contributed by atoms with Crippen molar-refractivity contribution in [3.05, 3.63) is 12.2 Å². The molecule has 1 rings (SSSR count). The average Bonchev–Trinajstić information content (AvgIpc) is 3.18. The van der Waals surface area contributed by atoms with Crippen LogP contribution in [0.4, 0.5) is 0 Å². The maximum absolute atomic E-state index is 12.8. The van der Waals surface area contributed by atoms with Crippen LogP contribution in [-0.4, -0.2) is 98.3 Å². The molecule has 1 fully saturated rings. The largest absolute Gasteiger partial charge is 0.472 e. The van der Waals surface area contributed by atoms with E-state index in [-0.39, 0.29) is 12.8 Å². The van der Waals surface area contributed by atoms with Crippen molar-refractivity contribution in [3.63, 3.8) is 0 Å². The molecule has 0 saturated heterocycles. The van der Waals surface area contributed by atoms with Crippen LogP contribution in [0, 0.1) is 0 Å². The molecular formula is C42H79O13P. The summed E-state index contributed by atoms with van der Waals surface area (Å²) in [5.74, 6) is -1.10. The number of rotatable bonds is 36. The Balaban J connectivity index is 2.48. The normalized spacial score (nSPS) is 22.9. The fourth-order valence-corrected chi connectivity index (χ4v) is 7.73. The van der Waals surface area contributed by atoms with Crippen molar-refractivity contribution in [1.29, 1.82) is 0 Å². The second kappa shape index (κ2) is 33.4. The van der Waals surface area contributed by atoms with Gasteiger partial charge in [-0.2, -0.15) is 0 Å². The highest BCUT2D eigenvalue weighted by atomic mass is 31.2. The van der Waals surface area contributed by atoms with E-state index in [0.717, 1.165) is 64.2 Å². The molecule has 0 heterocycles. The first kappa shape index (κ1) is 52.6. The van der Waals surface area contributed by atoms with Crippen LogP contribution in [0.5, 0.6) is 0 Å². The summed E-state index contributed by atoms with van der Waals surface area (Å²) in [4.78, 5) is 35.6. The number of aliphatic hydroxyl groups excluding tert-OH is 5. The molecule has 14 heteroatoms. The van der Waals surface area contributed by atoms with Gasteiger partial charge in [-0.3, -0.25) is 18.6 Å². The minimum Gasteiger partial charge on any atom is -0.462 e. The first-order valence-electron chi connectivity index (χ1n) is 22.0. The summed E-state index contributed by atoms with van der Waals surface area (Å²) in [5, 5.41) is 50.0. The first-order valence-corrected chi connectivity index (χ1v) is 23.5. The molecule has 330 valence electrons. The molecular weight excluding hydrogens is 743 g/mol. The Morgan fingerprint density at radius 1 is 0.536 bits per heavy atom. The smallest absolute Gasteiger partial charge is 0.462 e. The average molecular weight is 823 g/mol. The fraction of sp³-hybridized carbons (Fsp3) is 0.905. The zero-order chi connectivity index (χ0) is 41.4. The van der Waals surface area contributed by atoms with Crippen LogP contribution in [0.2, 0.25) is 0 Å². The van der Waals surface area contributed by atoms with Crippen molar-refractivity contribution in [2.24, 2.45) is 0 Å². The molecule has 1 aliphatic carbocycles. The van der Waals surface area contributed by atoms with E-state index in [1.54, 1.807) is 0 Å². The maximum atomic E-state index is 12.8. The molecule has 8 atom stereocenters. The lowest BCUT2D eigenvalue weighted by Gasteiger charge is -2.41. The molecule has 13 nitrogen and oxygen atoms in total. The number of hydrogen-bond donors (Lipinski definition) is 6. The summed E-state index contributed by atoms with van der Waals surface area (Å²) in [7, 11) is -5.11. The van der Waals surface area contributed by atoms with E-state index in [9.17, 15) is 44.6 Å². The predicted molar refractivity (Wildman–Crippen MR) is 217 cm³/mol. The number of allylic oxidation sites excluding steroid dienone is 2. The van der Waals surface area contributed by atoms with Crippen LogP contribution < -0.4 is 0 Å². The van der Waals surface area contributed by atoms with Gasteiger partial charge in [-0.25, -0.2) is 4.57 Å². The molecule has 0 aliphatic heterocycles. The van der Waals surface area contributed by atoms with E-state index in [1.165, 1.54) is 83.5 Å². The molecule has 1 saturated carbocycles. The van der Waals surface area contributed by atoms with Crippen LogP contribution in [0.1, 0.15) is 187 Å². The number of hydrogen-bond acceptors (Lipinski definition) is 12. The summed E-state index contributed by atoms with van der Waals surface area (Å²) in [6.07, 6.45) is 19.9. The molecule has 0 aromatic heterocycles. The standard InChI is InChI=1S/C42H79O13P/c1-3-5-7-9-11-13-15-17-18-19-21-22-24-26-28-30-35(43)52-32-34(54-36(44)31-29-27-25-23-20-16-14-12-10-8-6-4-2)33-53-56(50,51)55-42-40(48)38(46)37(45)39(47)41(42)49/h17-18,34,37-42,45-49H,3-16,19-33H2,1-2H3,(H,50,51)/b18-17+/t34-,37?,38-,39?,40?,41?,42?/m0/s1. The van der Waals surface area contributed by atoms with E-state index in [4.69, 9.17) is 18.5 Å². The summed E-state index contributed by atoms with van der Waals surface area (Å²) < 4.78 is 33.4. The summed E-state index contributed by atoms with van der Waals surface area (Å²) in [6.45, 7) is 3.27. The fourth-order valence-electron chi connectivity index (χ4n) is 6.75. The minimum atomic E-state index is -5.11. The topological polar surface area (TPSA) is 210 Å². The number of carbonyl (C=O) groups is 2. The summed E-state index contributed by atoms with van der Waals surface area (Å²) >= 11 is 0. The van der Waals surface area contributed by atoms with Crippen molar-refractivity contribution >= 4 is 19.8 Å². The van der Waals surface area contributed by atoms with Gasteiger partial charge in [0.25, 0.3) is 0 Å². The lowest BCUT2D eigenvalue weighted by molar-refractivity contribution is -0.220. The number of aliphatic hydroxyl groups is 5. The molecule has 0 aromatic rings. The zero-order valence-electron chi connectivity index (χ0n) is 34.7. The third-order valence-corrected chi connectivity index (χ3v) is 11.3. The second-order valence-electron chi connectivity index (χ2n) is 15.6. The maximum Gasteiger partial charge on any atom is 0.472 e. The Hall–Kier alpha value is -1.41. The first-order chi connectivity index (χ1) is 26.9. The molecule has 6 N–H and O–H groups in total. The Labute approximate surface area is 337 Å². The van der Waals surface area contributed by atoms with Gasteiger partial charge in [0.2, 0.25) is 0 Å². The van der Waals surface area contributed by atoms with Gasteiger partial charge in [-0.15, -0.1) is 0 Å². The van der Waals surface area contributed by atoms with Gasteiger partial charge in [0, 0.05) is 12.8 Å². The van der Waals surface area contributed by atoms with Crippen LogP contribution in [0.25, 0.3) is 0 Å². The van der Waals surface area contributed by atoms with Crippen LogP contribution in [0.15, 0.2) is 12.2 Å². The van der Waals surface area contributed by atoms with Gasteiger partial charge in [0.1, 0.15) is 43.2 Å². The Kier molecular flexibility index (Phi) is 31.4. The van der Waals surface area contributed by atoms with Crippen LogP contribution in [-0.2, 0) is 32.7 Å². The molecule has 1 aliphatic rings. The molecule has 56 heavy (non-hydrogen) atoms. The van der Waals surface area contributed by atoms with Crippen LogP contribution >= 0.6 is 7.82 Å². The number of carbonyl (C=O) groups excluding carboxylic acids is 2. The third kappa shape index (κ3) is 25.8. The molecule has 0 amide bonds. The Morgan fingerprint density at radius 3 is 1.36 bits per heavy atom. The van der Waals surface area contributed by atoms with E-state index in [2.05, 4.69) is 26.0 Å². The van der Waals surface area contributed by atoms with E-state index in [0.29, 0.717) is 12.8 Å². The lowest BCUT2D eigenvalue weighted by Crippen LogP contribution is -2.64. The Bertz CT molecular complexity index is 1040. The summed E-state index contributed by atoms with van der Waals surface area (Å²) in [6, 6.07) is 0. The van der Waals surface area contributed by atoms with Crippen molar-refractivity contribution in [3.8, 4) is 0 Å². The minimum absolute atomic E-state index is 0.0998. The molecule has 0 radical (unpaired) electrons. The van der Waals surface area contributed by atoms with Gasteiger partial charge < -0.3 is 39.9 Å². The third-order valence-electron chi connectivity index (χ3n) is 10.4. The zero-order valence-corrected chi connectivity index (χ0v) is 35.6. The predicted octanol–water partition coefficient (Wildman–Crippen LogP) is 7.89. The lowest BCUT2D eigenvalue weighted by atomic mass is 9.85. The number of phosphoric ester groups is 1. The molecule has 6 unspecified atom stereocenters. The van der Waals surface area contributed by atoms with E-state index in [1.807, 2.05) is 0 Å². The Morgan fingerprint density at radius 2 is 0.911 bits per heavy atom. The number of phosphoric acid groups is 1. The highest BCUT2D eigenvalue weighted by molar-refractivity contribution is 7.47. The number of ether oxygens (including phenoxy) is 2. The van der Waals surface area contributed by atoms with Crippen LogP contribution in [0.3, 0.4) is 0 Å². The monoisotopic (exact) mass is 823 g/mol. The van der Waals surface area contributed by atoms with Crippen molar-refractivity contribution in [2.45, 2.75) is 230 Å². The molecule has 0 spiro atoms. The second-order valence-corrected chi connectivity index (χ2v) is 17.0. The van der Waals surface area contributed by atoms with Crippen molar-refractivity contribution in [1.82, 2.24) is 0 Å². The molecule has 0 aromatic carbocycles. The van der Waals surface area contributed by atoms with Crippen molar-refractivity contribution in [2.75, 3.05) is 13.2 Å². The van der Waals surface area contributed by atoms with Gasteiger partial charge in [0.15, 0.2) is 6.10 Å². The number of unbranched alkanes of at least 4 members (excludes halogenated alkanes) is 22. The van der Waals surface area contributed by atoms with E-state index >= 15 is 0 Å². The number of esters is 2. The summed E-state index contributed by atoms with van der Waals surface area (Å²) in [5.41, 5.74) is 0. The van der Waals surface area contributed by atoms with Gasteiger partial charge in [0.05, 0.1) is 6.61 Å². The quantitative estimate of drug-likeness (QED) is 0.0154. The van der Waals surface area contributed by atoms with Gasteiger partial charge in [-0.05, 0) is 38.5 Å². The molecule has 0 bridgehead atoms. The van der Waals surface area contributed by atoms with E-state index < -0.39 is 75.7 Å². The SMILES string of the molecule is CCCCCCCC/C=C/CCCCCCCC(=O)OC[C@@H](COP(=O)(O)OC1C(O)C(O)C(O)[C@H](O)C1O)OC(=O)CCCCCCCCCCCCCC. The van der Waals surface area contributed by atoms with Gasteiger partial charge in [-0.1, -0.05) is 148 Å². The highest BCUT2D eigenvalue weighted by Crippen LogP contribution is 2.47.